The molecule has 0 radical (unpaired) electrons. The summed E-state index contributed by atoms with van der Waals surface area (Å²) in [4.78, 5) is 13.5. The van der Waals surface area contributed by atoms with E-state index in [0.29, 0.717) is 11.8 Å². The van der Waals surface area contributed by atoms with E-state index in [1.54, 1.807) is 4.90 Å². The van der Waals surface area contributed by atoms with E-state index in [2.05, 4.69) is 13.8 Å². The van der Waals surface area contributed by atoms with Crippen LogP contribution in [0.3, 0.4) is 0 Å². The lowest BCUT2D eigenvalue weighted by Crippen LogP contribution is -2.40. The van der Waals surface area contributed by atoms with Crippen molar-refractivity contribution in [1.82, 2.24) is 4.90 Å². The van der Waals surface area contributed by atoms with Crippen LogP contribution in [0.4, 0.5) is 0 Å². The second-order valence-electron chi connectivity index (χ2n) is 3.99. The molecule has 0 bridgehead atoms. The smallest absolute Gasteiger partial charge is 0.225 e. The van der Waals surface area contributed by atoms with E-state index in [4.69, 9.17) is 11.6 Å². The third-order valence-corrected chi connectivity index (χ3v) is 3.07. The molecule has 0 spiro atoms. The first-order valence-corrected chi connectivity index (χ1v) is 5.27. The van der Waals surface area contributed by atoms with Gasteiger partial charge in [-0.3, -0.25) is 4.79 Å². The van der Waals surface area contributed by atoms with Gasteiger partial charge in [-0.05, 0) is 12.8 Å². The largest absolute Gasteiger partial charge is 0.342 e. The van der Waals surface area contributed by atoms with Crippen LogP contribution < -0.4 is 0 Å². The monoisotopic (exact) mass is 205 g/mol. The van der Waals surface area contributed by atoms with Crippen molar-refractivity contribution in [3.05, 3.63) is 0 Å². The molecular formula is C10H20ClNO. The van der Waals surface area contributed by atoms with Gasteiger partial charge in [-0.2, -0.15) is 0 Å². The summed E-state index contributed by atoms with van der Waals surface area (Å²) in [5.41, 5.74) is 0. The lowest BCUT2D eigenvalue weighted by molar-refractivity contribution is -0.136. The molecule has 0 saturated heterocycles. The molecule has 0 N–H and O–H groups in total. The van der Waals surface area contributed by atoms with Gasteiger partial charge >= 0.3 is 0 Å². The number of nitrogens with zero attached hydrogens (tertiary/aromatic N) is 1. The predicted octanol–water partition coefficient (Wildman–Crippen LogP) is 2.36. The molecule has 0 rings (SSSR count). The fraction of sp³-hybridized carbons (Fsp3) is 0.900. The van der Waals surface area contributed by atoms with E-state index in [1.807, 2.05) is 20.9 Å². The van der Waals surface area contributed by atoms with Gasteiger partial charge in [0.1, 0.15) is 0 Å². The second-order valence-corrected chi connectivity index (χ2v) is 4.29. The van der Waals surface area contributed by atoms with Gasteiger partial charge in [0.15, 0.2) is 0 Å². The van der Waals surface area contributed by atoms with E-state index in [1.165, 1.54) is 0 Å². The summed E-state index contributed by atoms with van der Waals surface area (Å²) in [7, 11) is 1.81. The minimum atomic E-state index is 0.0793. The fourth-order valence-electron chi connectivity index (χ4n) is 0.927. The van der Waals surface area contributed by atoms with Gasteiger partial charge < -0.3 is 4.90 Å². The third-order valence-electron chi connectivity index (χ3n) is 2.62. The van der Waals surface area contributed by atoms with Crippen molar-refractivity contribution < 1.29 is 4.79 Å². The molecular weight excluding hydrogens is 186 g/mol. The average Bonchev–Trinajstić information content (AvgIpc) is 2.12. The molecule has 78 valence electrons. The normalized spacial score (nSPS) is 15.6. The summed E-state index contributed by atoms with van der Waals surface area (Å²) in [5.74, 6) is 1.14. The Labute approximate surface area is 86.2 Å². The van der Waals surface area contributed by atoms with Crippen LogP contribution in [0, 0.1) is 11.8 Å². The number of hydrogen-bond donors (Lipinski definition) is 0. The quantitative estimate of drug-likeness (QED) is 0.646. The highest BCUT2D eigenvalue weighted by Gasteiger charge is 2.22. The standard InChI is InChI=1S/C10H20ClNO/c1-7(2)9(4)10(13)12(5)8(3)6-11/h7-9H,6H2,1-5H3. The van der Waals surface area contributed by atoms with Gasteiger partial charge in [0.05, 0.1) is 0 Å². The summed E-state index contributed by atoms with van der Waals surface area (Å²) in [6, 6.07) is 0.121. The average molecular weight is 206 g/mol. The van der Waals surface area contributed by atoms with Gasteiger partial charge in [-0.25, -0.2) is 0 Å². The number of halogens is 1. The molecule has 2 nitrogen and oxygen atoms in total. The minimum Gasteiger partial charge on any atom is -0.342 e. The Kier molecular flexibility index (Phi) is 5.38. The maximum atomic E-state index is 11.8. The molecule has 3 heteroatoms. The number of amides is 1. The van der Waals surface area contributed by atoms with Crippen LogP contribution in [0.15, 0.2) is 0 Å². The zero-order valence-electron chi connectivity index (χ0n) is 9.17. The van der Waals surface area contributed by atoms with Crippen molar-refractivity contribution in [3.8, 4) is 0 Å². The second kappa shape index (κ2) is 5.48. The Morgan fingerprint density at radius 3 is 2.08 bits per heavy atom. The summed E-state index contributed by atoms with van der Waals surface area (Å²) in [6.45, 7) is 8.03. The predicted molar refractivity (Wildman–Crippen MR) is 57.0 cm³/mol. The number of carbonyl (C=O) groups excluding carboxylic acids is 1. The lowest BCUT2D eigenvalue weighted by atomic mass is 9.96. The van der Waals surface area contributed by atoms with Crippen LogP contribution in [0.25, 0.3) is 0 Å². The van der Waals surface area contributed by atoms with E-state index in [0.717, 1.165) is 0 Å². The molecule has 2 unspecified atom stereocenters. The van der Waals surface area contributed by atoms with E-state index < -0.39 is 0 Å². The molecule has 0 aliphatic heterocycles. The highest BCUT2D eigenvalue weighted by atomic mass is 35.5. The Morgan fingerprint density at radius 1 is 1.31 bits per heavy atom. The van der Waals surface area contributed by atoms with Crippen molar-refractivity contribution in [2.24, 2.45) is 11.8 Å². The Bertz CT molecular complexity index is 170. The molecule has 0 aromatic heterocycles. The van der Waals surface area contributed by atoms with Crippen molar-refractivity contribution in [1.29, 1.82) is 0 Å². The molecule has 0 saturated carbocycles. The Hall–Kier alpha value is -0.240. The van der Waals surface area contributed by atoms with Gasteiger partial charge in [-0.1, -0.05) is 20.8 Å². The topological polar surface area (TPSA) is 20.3 Å². The molecule has 1 amide bonds. The first kappa shape index (κ1) is 12.8. The molecule has 2 atom stereocenters. The highest BCUT2D eigenvalue weighted by Crippen LogP contribution is 2.14. The molecule has 0 heterocycles. The fourth-order valence-corrected chi connectivity index (χ4v) is 1.13. The SMILES string of the molecule is CC(C)C(C)C(=O)N(C)C(C)CCl. The maximum absolute atomic E-state index is 11.8. The van der Waals surface area contributed by atoms with Crippen LogP contribution in [0.5, 0.6) is 0 Å². The lowest BCUT2D eigenvalue weighted by Gasteiger charge is -2.27. The molecule has 0 fully saturated rings. The van der Waals surface area contributed by atoms with E-state index in [9.17, 15) is 4.79 Å². The van der Waals surface area contributed by atoms with Crippen molar-refractivity contribution in [2.45, 2.75) is 33.7 Å². The van der Waals surface area contributed by atoms with Crippen LogP contribution in [-0.2, 0) is 4.79 Å². The number of alkyl halides is 1. The molecule has 0 aromatic carbocycles. The summed E-state index contributed by atoms with van der Waals surface area (Å²) in [6.07, 6.45) is 0. The van der Waals surface area contributed by atoms with Crippen LogP contribution >= 0.6 is 11.6 Å². The summed E-state index contributed by atoms with van der Waals surface area (Å²) in [5, 5.41) is 0. The van der Waals surface area contributed by atoms with Crippen molar-refractivity contribution >= 4 is 17.5 Å². The van der Waals surface area contributed by atoms with Gasteiger partial charge in [0.25, 0.3) is 0 Å². The Balaban J connectivity index is 4.25. The minimum absolute atomic E-state index is 0.0793. The van der Waals surface area contributed by atoms with E-state index >= 15 is 0 Å². The molecule has 13 heavy (non-hydrogen) atoms. The van der Waals surface area contributed by atoms with Crippen LogP contribution in [0.2, 0.25) is 0 Å². The zero-order valence-corrected chi connectivity index (χ0v) is 9.93. The first-order valence-electron chi connectivity index (χ1n) is 4.74. The van der Waals surface area contributed by atoms with Crippen LogP contribution in [-0.4, -0.2) is 29.8 Å². The van der Waals surface area contributed by atoms with Gasteiger partial charge in [0, 0.05) is 24.9 Å². The zero-order chi connectivity index (χ0) is 10.6. The maximum Gasteiger partial charge on any atom is 0.225 e. The van der Waals surface area contributed by atoms with Gasteiger partial charge in [-0.15, -0.1) is 11.6 Å². The number of rotatable bonds is 4. The molecule has 0 aliphatic rings. The third kappa shape index (κ3) is 3.55. The van der Waals surface area contributed by atoms with Crippen molar-refractivity contribution in [2.75, 3.05) is 12.9 Å². The number of hydrogen-bond acceptors (Lipinski definition) is 1. The van der Waals surface area contributed by atoms with Crippen LogP contribution in [0.1, 0.15) is 27.7 Å². The van der Waals surface area contributed by atoms with Crippen molar-refractivity contribution in [3.63, 3.8) is 0 Å². The molecule has 0 aliphatic carbocycles. The van der Waals surface area contributed by atoms with Gasteiger partial charge in [0.2, 0.25) is 5.91 Å². The highest BCUT2D eigenvalue weighted by molar-refractivity contribution is 6.18. The number of carbonyl (C=O) groups is 1. The molecule has 0 aromatic rings. The van der Waals surface area contributed by atoms with E-state index in [-0.39, 0.29) is 17.9 Å². The summed E-state index contributed by atoms with van der Waals surface area (Å²) >= 11 is 5.68. The Morgan fingerprint density at radius 2 is 1.77 bits per heavy atom. The summed E-state index contributed by atoms with van der Waals surface area (Å²) < 4.78 is 0. The first-order chi connectivity index (χ1) is 5.91.